The maximum absolute atomic E-state index is 4.31. The third-order valence-electron chi connectivity index (χ3n) is 1.72. The van der Waals surface area contributed by atoms with Crippen LogP contribution in [-0.2, 0) is 0 Å². The van der Waals surface area contributed by atoms with E-state index in [1.165, 1.54) is 11.3 Å². The van der Waals surface area contributed by atoms with Crippen molar-refractivity contribution in [1.29, 1.82) is 0 Å². The Morgan fingerprint density at radius 1 is 1.45 bits per heavy atom. The average Bonchev–Trinajstić information content (AvgIpc) is 1.94. The molecule has 0 saturated heterocycles. The zero-order valence-electron chi connectivity index (χ0n) is 7.06. The van der Waals surface area contributed by atoms with Crippen molar-refractivity contribution in [1.82, 2.24) is 4.98 Å². The number of hydrogen-bond donors (Lipinski definition) is 0. The van der Waals surface area contributed by atoms with Crippen molar-refractivity contribution in [3.63, 3.8) is 0 Å². The molecule has 0 aliphatic heterocycles. The zero-order valence-corrected chi connectivity index (χ0v) is 8.64. The Hall–Kier alpha value is -0.370. The number of halogens is 1. The molecule has 0 atom stereocenters. The van der Waals surface area contributed by atoms with Crippen molar-refractivity contribution in [2.75, 3.05) is 0 Å². The zero-order chi connectivity index (χ0) is 8.43. The van der Waals surface area contributed by atoms with Crippen molar-refractivity contribution in [3.05, 3.63) is 28.0 Å². The second-order valence-electron chi connectivity index (χ2n) is 2.96. The van der Waals surface area contributed by atoms with Crippen LogP contribution in [0.1, 0.15) is 31.0 Å². The Bertz CT molecular complexity index is 256. The lowest BCUT2D eigenvalue weighted by Gasteiger charge is -2.08. The van der Waals surface area contributed by atoms with Crippen LogP contribution in [0.4, 0.5) is 0 Å². The molecule has 0 bridgehead atoms. The fraction of sp³-hybridized carbons (Fsp3) is 0.444. The summed E-state index contributed by atoms with van der Waals surface area (Å²) in [6.07, 6.45) is 1.84. The van der Waals surface area contributed by atoms with Gasteiger partial charge >= 0.3 is 0 Å². The third kappa shape index (κ3) is 1.80. The van der Waals surface area contributed by atoms with E-state index in [9.17, 15) is 0 Å². The lowest BCUT2D eigenvalue weighted by atomic mass is 10.1. The summed E-state index contributed by atoms with van der Waals surface area (Å²) in [6, 6.07) is 1.97. The van der Waals surface area contributed by atoms with Gasteiger partial charge in [-0.1, -0.05) is 29.8 Å². The summed E-state index contributed by atoms with van der Waals surface area (Å²) in [5.74, 6) is 0.507. The maximum atomic E-state index is 4.31. The molecular weight excluding hydrogens is 202 g/mol. The predicted molar refractivity (Wildman–Crippen MR) is 50.8 cm³/mol. The number of pyridine rings is 1. The minimum atomic E-state index is 0.507. The van der Waals surface area contributed by atoms with Crippen LogP contribution in [0.3, 0.4) is 0 Å². The Kier molecular flexibility index (Phi) is 2.66. The van der Waals surface area contributed by atoms with E-state index in [4.69, 9.17) is 0 Å². The van der Waals surface area contributed by atoms with Crippen LogP contribution in [0, 0.1) is 6.92 Å². The first-order chi connectivity index (χ1) is 5.13. The number of nitrogens with zero attached hydrogens (tertiary/aromatic N) is 1. The topological polar surface area (TPSA) is 12.9 Å². The van der Waals surface area contributed by atoms with E-state index in [2.05, 4.69) is 41.7 Å². The molecule has 0 saturated carbocycles. The second kappa shape index (κ2) is 3.35. The molecule has 1 nitrogen and oxygen atoms in total. The molecule has 0 unspecified atom stereocenters. The Labute approximate surface area is 76.0 Å². The van der Waals surface area contributed by atoms with Crippen LogP contribution < -0.4 is 0 Å². The van der Waals surface area contributed by atoms with E-state index in [0.29, 0.717) is 5.92 Å². The molecule has 0 amide bonds. The van der Waals surface area contributed by atoms with E-state index >= 15 is 0 Å². The lowest BCUT2D eigenvalue weighted by molar-refractivity contribution is 0.809. The molecule has 60 valence electrons. The van der Waals surface area contributed by atoms with Crippen LogP contribution in [0.15, 0.2) is 16.7 Å². The lowest BCUT2D eigenvalue weighted by Crippen LogP contribution is -1.96. The van der Waals surface area contributed by atoms with Gasteiger partial charge in [-0.3, -0.25) is 4.98 Å². The van der Waals surface area contributed by atoms with Gasteiger partial charge in [-0.25, -0.2) is 0 Å². The predicted octanol–water partition coefficient (Wildman–Crippen LogP) is 3.28. The van der Waals surface area contributed by atoms with Crippen LogP contribution in [0.2, 0.25) is 0 Å². The normalized spacial score (nSPS) is 10.6. The highest BCUT2D eigenvalue weighted by Crippen LogP contribution is 2.22. The van der Waals surface area contributed by atoms with Crippen LogP contribution in [0.5, 0.6) is 0 Å². The summed E-state index contributed by atoms with van der Waals surface area (Å²) in [4.78, 5) is 4.31. The highest BCUT2D eigenvalue weighted by molar-refractivity contribution is 9.10. The SMILES string of the molecule is Cc1c(Br)ccnc1C(C)C. The van der Waals surface area contributed by atoms with E-state index in [-0.39, 0.29) is 0 Å². The highest BCUT2D eigenvalue weighted by Gasteiger charge is 2.05. The first-order valence-electron chi connectivity index (χ1n) is 3.74. The third-order valence-corrected chi connectivity index (χ3v) is 2.58. The molecule has 1 rings (SSSR count). The summed E-state index contributed by atoms with van der Waals surface area (Å²) in [7, 11) is 0. The van der Waals surface area contributed by atoms with E-state index in [0.717, 1.165) is 4.47 Å². The smallest absolute Gasteiger partial charge is 0.0469 e. The Morgan fingerprint density at radius 2 is 2.09 bits per heavy atom. The number of aromatic nitrogens is 1. The van der Waals surface area contributed by atoms with Gasteiger partial charge in [0.25, 0.3) is 0 Å². The molecule has 0 radical (unpaired) electrons. The summed E-state index contributed by atoms with van der Waals surface area (Å²) < 4.78 is 1.15. The molecule has 0 fully saturated rings. The average molecular weight is 214 g/mol. The van der Waals surface area contributed by atoms with Gasteiger partial charge < -0.3 is 0 Å². The molecule has 1 aromatic rings. The van der Waals surface area contributed by atoms with E-state index in [1.807, 2.05) is 12.3 Å². The second-order valence-corrected chi connectivity index (χ2v) is 3.81. The first-order valence-corrected chi connectivity index (χ1v) is 4.53. The molecule has 0 spiro atoms. The van der Waals surface area contributed by atoms with E-state index < -0.39 is 0 Å². The Morgan fingerprint density at radius 3 is 2.55 bits per heavy atom. The minimum Gasteiger partial charge on any atom is -0.261 e. The molecule has 11 heavy (non-hydrogen) atoms. The van der Waals surface area contributed by atoms with Crippen molar-refractivity contribution in [2.24, 2.45) is 0 Å². The summed E-state index contributed by atoms with van der Waals surface area (Å²) in [5, 5.41) is 0. The molecule has 1 heterocycles. The minimum absolute atomic E-state index is 0.507. The van der Waals surface area contributed by atoms with Gasteiger partial charge in [0.2, 0.25) is 0 Å². The molecule has 0 aromatic carbocycles. The molecule has 0 N–H and O–H groups in total. The van der Waals surface area contributed by atoms with Crippen LogP contribution in [-0.4, -0.2) is 4.98 Å². The number of rotatable bonds is 1. The maximum Gasteiger partial charge on any atom is 0.0469 e. The molecule has 2 heteroatoms. The number of hydrogen-bond acceptors (Lipinski definition) is 1. The van der Waals surface area contributed by atoms with Gasteiger partial charge in [-0.05, 0) is 24.5 Å². The summed E-state index contributed by atoms with van der Waals surface area (Å²) in [6.45, 7) is 6.40. The van der Waals surface area contributed by atoms with Gasteiger partial charge in [-0.2, -0.15) is 0 Å². The largest absolute Gasteiger partial charge is 0.261 e. The van der Waals surface area contributed by atoms with Crippen molar-refractivity contribution >= 4 is 15.9 Å². The van der Waals surface area contributed by atoms with Crippen molar-refractivity contribution in [3.8, 4) is 0 Å². The monoisotopic (exact) mass is 213 g/mol. The van der Waals surface area contributed by atoms with E-state index in [1.54, 1.807) is 0 Å². The highest BCUT2D eigenvalue weighted by atomic mass is 79.9. The van der Waals surface area contributed by atoms with Gasteiger partial charge in [0, 0.05) is 16.4 Å². The summed E-state index contributed by atoms with van der Waals surface area (Å²) >= 11 is 3.47. The molecule has 0 aliphatic rings. The quantitative estimate of drug-likeness (QED) is 0.699. The Balaban J connectivity index is 3.17. The van der Waals surface area contributed by atoms with Crippen molar-refractivity contribution < 1.29 is 0 Å². The fourth-order valence-electron chi connectivity index (χ4n) is 1.11. The van der Waals surface area contributed by atoms with Crippen LogP contribution >= 0.6 is 15.9 Å². The van der Waals surface area contributed by atoms with Gasteiger partial charge in [0.15, 0.2) is 0 Å². The molecule has 0 aliphatic carbocycles. The standard InChI is InChI=1S/C9H12BrN/c1-6(2)9-7(3)8(10)4-5-11-9/h4-6H,1-3H3. The molecular formula is C9H12BrN. The fourth-order valence-corrected chi connectivity index (χ4v) is 1.43. The van der Waals surface area contributed by atoms with Gasteiger partial charge in [0.1, 0.15) is 0 Å². The van der Waals surface area contributed by atoms with Gasteiger partial charge in [0.05, 0.1) is 0 Å². The first kappa shape index (κ1) is 8.72. The summed E-state index contributed by atoms with van der Waals surface area (Å²) in [5.41, 5.74) is 2.43. The molecule has 1 aromatic heterocycles. The van der Waals surface area contributed by atoms with Crippen molar-refractivity contribution in [2.45, 2.75) is 26.7 Å². The van der Waals surface area contributed by atoms with Crippen LogP contribution in [0.25, 0.3) is 0 Å². The van der Waals surface area contributed by atoms with Gasteiger partial charge in [-0.15, -0.1) is 0 Å².